The quantitative estimate of drug-likeness (QED) is 0.598. The zero-order chi connectivity index (χ0) is 22.9. The van der Waals surface area contributed by atoms with Gasteiger partial charge in [0.15, 0.2) is 0 Å². The van der Waals surface area contributed by atoms with Crippen LogP contribution in [0.5, 0.6) is 0 Å². The van der Waals surface area contributed by atoms with Crippen LogP contribution in [0.25, 0.3) is 0 Å². The lowest BCUT2D eigenvalue weighted by Crippen LogP contribution is -2.58. The Labute approximate surface area is 182 Å². The van der Waals surface area contributed by atoms with Crippen LogP contribution >= 0.6 is 0 Å². The van der Waals surface area contributed by atoms with E-state index in [4.69, 9.17) is 14.6 Å². The molecular weight excluding hydrogens is 407 g/mol. The summed E-state index contributed by atoms with van der Waals surface area (Å²) in [6.07, 6.45) is 1.96. The second kappa shape index (κ2) is 12.0. The van der Waals surface area contributed by atoms with Gasteiger partial charge in [-0.2, -0.15) is 0 Å². The van der Waals surface area contributed by atoms with Gasteiger partial charge in [0, 0.05) is 37.6 Å². The number of hydrogen-bond donors (Lipinski definition) is 3. The molecule has 0 radical (unpaired) electrons. The van der Waals surface area contributed by atoms with Crippen molar-refractivity contribution in [2.45, 2.75) is 44.8 Å². The first-order chi connectivity index (χ1) is 14.9. The van der Waals surface area contributed by atoms with E-state index in [1.54, 1.807) is 24.0 Å². The van der Waals surface area contributed by atoms with E-state index in [9.17, 15) is 19.4 Å². The minimum Gasteiger partial charge on any atom is -0.483 e. The molecule has 0 aromatic heterocycles. The minimum atomic E-state index is -0.658. The second-order valence-electron chi connectivity index (χ2n) is 8.12. The van der Waals surface area contributed by atoms with Gasteiger partial charge in [0.25, 0.3) is 6.47 Å². The van der Waals surface area contributed by atoms with Crippen molar-refractivity contribution in [2.24, 2.45) is 5.41 Å². The number of nitrogens with zero attached hydrogens (tertiary/aromatic N) is 2. The largest absolute Gasteiger partial charge is 0.483 e. The number of carboxylic acid groups (broad SMARTS) is 1. The summed E-state index contributed by atoms with van der Waals surface area (Å²) in [5.74, 6) is -0.291. The Hall–Kier alpha value is -2.23. The van der Waals surface area contributed by atoms with Crippen LogP contribution in [0.4, 0.5) is 9.18 Å². The predicted molar refractivity (Wildman–Crippen MR) is 112 cm³/mol. The smallest absolute Gasteiger partial charge is 0.409 e. The van der Waals surface area contributed by atoms with Crippen molar-refractivity contribution in [2.75, 3.05) is 39.4 Å². The van der Waals surface area contributed by atoms with Gasteiger partial charge in [-0.1, -0.05) is 12.1 Å². The number of amides is 1. The van der Waals surface area contributed by atoms with E-state index >= 15 is 0 Å². The lowest BCUT2D eigenvalue weighted by molar-refractivity contribution is -0.122. The molecule has 31 heavy (non-hydrogen) atoms. The van der Waals surface area contributed by atoms with E-state index in [0.717, 1.165) is 24.9 Å². The summed E-state index contributed by atoms with van der Waals surface area (Å²) in [4.78, 5) is 24.3. The molecule has 174 valence electrons. The Bertz CT molecular complexity index is 696. The zero-order valence-electron chi connectivity index (χ0n) is 18.0. The molecule has 1 aromatic carbocycles. The van der Waals surface area contributed by atoms with Crippen LogP contribution in [0.2, 0.25) is 0 Å². The third kappa shape index (κ3) is 6.62. The van der Waals surface area contributed by atoms with Crippen molar-refractivity contribution >= 4 is 12.6 Å². The fourth-order valence-electron chi connectivity index (χ4n) is 4.52. The van der Waals surface area contributed by atoms with Crippen LogP contribution in [0.15, 0.2) is 24.3 Å². The fourth-order valence-corrected chi connectivity index (χ4v) is 4.52. The average molecular weight is 441 g/mol. The van der Waals surface area contributed by atoms with Gasteiger partial charge in [0.1, 0.15) is 5.82 Å². The molecule has 0 saturated carbocycles. The average Bonchev–Trinajstić information content (AvgIpc) is 2.78. The molecule has 2 atom stereocenters. The summed E-state index contributed by atoms with van der Waals surface area (Å²) in [6.45, 7) is 4.50. The fraction of sp³-hybridized carbons (Fsp3) is 0.636. The highest BCUT2D eigenvalue weighted by Crippen LogP contribution is 2.36. The van der Waals surface area contributed by atoms with Gasteiger partial charge in [-0.15, -0.1) is 0 Å². The van der Waals surface area contributed by atoms with Gasteiger partial charge < -0.3 is 25.0 Å². The summed E-state index contributed by atoms with van der Waals surface area (Å²) in [7, 11) is 0. The number of benzene rings is 1. The summed E-state index contributed by atoms with van der Waals surface area (Å²) < 4.78 is 18.3. The molecule has 3 N–H and O–H groups in total. The highest BCUT2D eigenvalue weighted by atomic mass is 19.1. The van der Waals surface area contributed by atoms with Gasteiger partial charge in [0.05, 0.1) is 19.3 Å². The van der Waals surface area contributed by atoms with Gasteiger partial charge in [-0.3, -0.25) is 9.69 Å². The molecule has 0 aliphatic carbocycles. The molecule has 0 bridgehead atoms. The van der Waals surface area contributed by atoms with Gasteiger partial charge in [-0.25, -0.2) is 9.18 Å². The Morgan fingerprint density at radius 2 is 1.84 bits per heavy atom. The number of carbonyl (C=O) groups is 2. The molecule has 2 aliphatic rings. The number of aliphatic hydroxyl groups excluding tert-OH is 2. The Morgan fingerprint density at radius 1 is 1.23 bits per heavy atom. The number of carbonyl (C=O) groups excluding carboxylic acids is 1. The lowest BCUT2D eigenvalue weighted by Gasteiger charge is -2.49. The van der Waals surface area contributed by atoms with Crippen molar-refractivity contribution in [3.8, 4) is 0 Å². The standard InChI is InChI=1S/C21H31FN2O4.CH2O2/c1-2-28-20(27)23-10-7-18(8-11-23)24-12-9-19(26)21(14-24,15-25)13-16-3-5-17(22)6-4-16;2-1-3/h3-6,18-19,25-26H,2,7-15H2,1H3;1H,(H,2,3)/t19-,21-;/m0./s1. The van der Waals surface area contributed by atoms with Gasteiger partial charge in [0.2, 0.25) is 0 Å². The Morgan fingerprint density at radius 3 is 2.39 bits per heavy atom. The lowest BCUT2D eigenvalue weighted by atomic mass is 9.73. The molecule has 3 rings (SSSR count). The zero-order valence-corrected chi connectivity index (χ0v) is 18.0. The van der Waals surface area contributed by atoms with Crippen molar-refractivity contribution < 1.29 is 34.0 Å². The van der Waals surface area contributed by atoms with Crippen LogP contribution < -0.4 is 0 Å². The molecule has 0 spiro atoms. The first-order valence-corrected chi connectivity index (χ1v) is 10.7. The molecule has 9 heteroatoms. The number of piperidine rings is 2. The topological polar surface area (TPSA) is 111 Å². The molecule has 1 aromatic rings. The summed E-state index contributed by atoms with van der Waals surface area (Å²) in [5, 5.41) is 27.8. The molecule has 1 amide bonds. The highest BCUT2D eigenvalue weighted by Gasteiger charge is 2.44. The third-order valence-corrected chi connectivity index (χ3v) is 6.21. The first-order valence-electron chi connectivity index (χ1n) is 10.7. The van der Waals surface area contributed by atoms with E-state index < -0.39 is 11.5 Å². The number of rotatable bonds is 5. The van der Waals surface area contributed by atoms with Crippen molar-refractivity contribution in [1.82, 2.24) is 9.80 Å². The van der Waals surface area contributed by atoms with Crippen molar-refractivity contribution in [3.63, 3.8) is 0 Å². The molecule has 2 fully saturated rings. The van der Waals surface area contributed by atoms with Crippen LogP contribution in [0, 0.1) is 11.2 Å². The predicted octanol–water partition coefficient (Wildman–Crippen LogP) is 1.74. The summed E-state index contributed by atoms with van der Waals surface area (Å²) >= 11 is 0. The third-order valence-electron chi connectivity index (χ3n) is 6.21. The van der Waals surface area contributed by atoms with Gasteiger partial charge in [-0.05, 0) is 50.3 Å². The second-order valence-corrected chi connectivity index (χ2v) is 8.12. The number of likely N-dealkylation sites (tertiary alicyclic amines) is 2. The molecule has 0 unspecified atom stereocenters. The maximum atomic E-state index is 13.2. The molecule has 8 nitrogen and oxygen atoms in total. The number of aliphatic hydroxyl groups is 2. The first kappa shape index (κ1) is 25.0. The van der Waals surface area contributed by atoms with E-state index in [0.29, 0.717) is 45.1 Å². The number of hydrogen-bond acceptors (Lipinski definition) is 6. The minimum absolute atomic E-state index is 0.121. The van der Waals surface area contributed by atoms with Crippen molar-refractivity contribution in [1.29, 1.82) is 0 Å². The van der Waals surface area contributed by atoms with Crippen LogP contribution in [0.1, 0.15) is 31.7 Å². The molecule has 2 saturated heterocycles. The van der Waals surface area contributed by atoms with Crippen LogP contribution in [-0.2, 0) is 16.0 Å². The number of halogens is 1. The van der Waals surface area contributed by atoms with Crippen LogP contribution in [0.3, 0.4) is 0 Å². The molecule has 2 aliphatic heterocycles. The highest BCUT2D eigenvalue weighted by molar-refractivity contribution is 5.67. The Balaban J connectivity index is 0.00000107. The van der Waals surface area contributed by atoms with E-state index in [2.05, 4.69) is 4.90 Å². The van der Waals surface area contributed by atoms with E-state index in [-0.39, 0.29) is 25.0 Å². The van der Waals surface area contributed by atoms with E-state index in [1.165, 1.54) is 12.1 Å². The number of ether oxygens (including phenoxy) is 1. The Kier molecular flexibility index (Phi) is 9.67. The summed E-state index contributed by atoms with van der Waals surface area (Å²) in [5.41, 5.74) is 0.252. The maximum absolute atomic E-state index is 13.2. The van der Waals surface area contributed by atoms with Crippen molar-refractivity contribution in [3.05, 3.63) is 35.6 Å². The SMILES string of the molecule is CCOC(=O)N1CCC(N2CC[C@H](O)[C@@](CO)(Cc3ccc(F)cc3)C2)CC1.O=CO. The van der Waals surface area contributed by atoms with Gasteiger partial charge >= 0.3 is 6.09 Å². The maximum Gasteiger partial charge on any atom is 0.409 e. The normalized spacial score (nSPS) is 24.8. The molecule has 2 heterocycles. The molecular formula is C22H33FN2O6. The summed E-state index contributed by atoms with van der Waals surface area (Å²) in [6, 6.07) is 6.58. The van der Waals surface area contributed by atoms with Crippen LogP contribution in [-0.4, -0.2) is 89.2 Å². The monoisotopic (exact) mass is 440 g/mol. The van der Waals surface area contributed by atoms with E-state index in [1.807, 2.05) is 0 Å².